The third kappa shape index (κ3) is 3.34. The molecule has 0 saturated carbocycles. The number of aryl methyl sites for hydroxylation is 2. The minimum atomic E-state index is -0.104. The van der Waals surface area contributed by atoms with Crippen molar-refractivity contribution in [3.05, 3.63) is 17.6 Å². The van der Waals surface area contributed by atoms with Crippen LogP contribution in [0.1, 0.15) is 38.7 Å². The van der Waals surface area contributed by atoms with E-state index >= 15 is 0 Å². The van der Waals surface area contributed by atoms with Crippen molar-refractivity contribution in [3.63, 3.8) is 0 Å². The summed E-state index contributed by atoms with van der Waals surface area (Å²) in [5.41, 5.74) is 0.955. The first-order valence-electron chi connectivity index (χ1n) is 5.71. The van der Waals surface area contributed by atoms with Gasteiger partial charge >= 0.3 is 0 Å². The zero-order valence-electron chi connectivity index (χ0n) is 10.5. The molecule has 0 fully saturated rings. The second-order valence-electron chi connectivity index (χ2n) is 4.32. The molecule has 1 N–H and O–H groups in total. The Morgan fingerprint density at radius 3 is 2.56 bits per heavy atom. The maximum absolute atomic E-state index is 5.97. The van der Waals surface area contributed by atoms with Gasteiger partial charge in [-0.05, 0) is 26.7 Å². The van der Waals surface area contributed by atoms with Gasteiger partial charge in [-0.2, -0.15) is 0 Å². The first kappa shape index (κ1) is 13.2. The highest BCUT2D eigenvalue weighted by molar-refractivity contribution is 6.18. The first-order valence-corrected chi connectivity index (χ1v) is 6.25. The van der Waals surface area contributed by atoms with Crippen molar-refractivity contribution in [1.29, 1.82) is 0 Å². The topological polar surface area (TPSA) is 37.8 Å². The Balaban J connectivity index is 2.92. The molecule has 3 nitrogen and oxygen atoms in total. The van der Waals surface area contributed by atoms with Gasteiger partial charge in [0, 0.05) is 23.2 Å². The van der Waals surface area contributed by atoms with E-state index in [1.54, 1.807) is 0 Å². The summed E-state index contributed by atoms with van der Waals surface area (Å²) in [7, 11) is 0. The Bertz CT molecular complexity index is 348. The second-order valence-corrected chi connectivity index (χ2v) is 4.59. The zero-order chi connectivity index (χ0) is 12.2. The molecule has 90 valence electrons. The van der Waals surface area contributed by atoms with Crippen LogP contribution in [-0.4, -0.2) is 21.4 Å². The quantitative estimate of drug-likeness (QED) is 0.805. The van der Waals surface area contributed by atoms with Gasteiger partial charge in [0.15, 0.2) is 0 Å². The summed E-state index contributed by atoms with van der Waals surface area (Å²) in [6.07, 6.45) is 1.88. The fraction of sp³-hybridized carbons (Fsp3) is 0.667. The molecule has 1 unspecified atom stereocenters. The number of hydrogen-bond acceptors (Lipinski definition) is 3. The normalized spacial score (nSPS) is 14.6. The molecule has 0 saturated heterocycles. The summed E-state index contributed by atoms with van der Waals surface area (Å²) in [6.45, 7) is 8.22. The lowest BCUT2D eigenvalue weighted by atomic mass is 10.0. The average Bonchev–Trinajstić information content (AvgIpc) is 2.28. The average molecular weight is 242 g/mol. The Labute approximate surface area is 103 Å². The molecule has 1 aromatic heterocycles. The predicted molar refractivity (Wildman–Crippen MR) is 69.2 cm³/mol. The van der Waals surface area contributed by atoms with Crippen molar-refractivity contribution in [2.24, 2.45) is 0 Å². The van der Waals surface area contributed by atoms with E-state index in [0.717, 1.165) is 30.2 Å². The highest BCUT2D eigenvalue weighted by Crippen LogP contribution is 2.19. The Kier molecular flexibility index (Phi) is 4.54. The SMILES string of the molecule is CCc1cc(NC(C)(CC)CCl)nc(C)n1. The van der Waals surface area contributed by atoms with Gasteiger partial charge in [-0.25, -0.2) is 9.97 Å². The van der Waals surface area contributed by atoms with Crippen LogP contribution in [0.25, 0.3) is 0 Å². The van der Waals surface area contributed by atoms with Crippen molar-refractivity contribution in [2.75, 3.05) is 11.2 Å². The number of nitrogens with zero attached hydrogens (tertiary/aromatic N) is 2. The molecule has 0 aliphatic carbocycles. The molecule has 0 aliphatic heterocycles. The maximum atomic E-state index is 5.97. The minimum absolute atomic E-state index is 0.104. The molecule has 1 rings (SSSR count). The van der Waals surface area contributed by atoms with E-state index in [-0.39, 0.29) is 5.54 Å². The van der Waals surface area contributed by atoms with E-state index in [0.29, 0.717) is 5.88 Å². The van der Waals surface area contributed by atoms with E-state index in [1.165, 1.54) is 0 Å². The van der Waals surface area contributed by atoms with Gasteiger partial charge in [0.25, 0.3) is 0 Å². The molecule has 0 aliphatic rings. The molecular formula is C12H20ClN3. The van der Waals surface area contributed by atoms with Crippen LogP contribution in [0.3, 0.4) is 0 Å². The van der Waals surface area contributed by atoms with E-state index in [4.69, 9.17) is 11.6 Å². The summed E-state index contributed by atoms with van der Waals surface area (Å²) >= 11 is 5.97. The number of nitrogens with one attached hydrogen (secondary N) is 1. The van der Waals surface area contributed by atoms with Gasteiger partial charge < -0.3 is 5.32 Å². The fourth-order valence-electron chi connectivity index (χ4n) is 1.40. The fourth-order valence-corrected chi connectivity index (χ4v) is 1.66. The molecule has 0 bridgehead atoms. The van der Waals surface area contributed by atoms with Gasteiger partial charge in [-0.15, -0.1) is 11.6 Å². The Morgan fingerprint density at radius 2 is 2.06 bits per heavy atom. The third-order valence-corrected chi connectivity index (χ3v) is 3.35. The monoisotopic (exact) mass is 241 g/mol. The standard InChI is InChI=1S/C12H20ClN3/c1-5-10-7-11(15-9(3)14-10)16-12(4,6-2)8-13/h7H,5-6,8H2,1-4H3,(H,14,15,16). The van der Waals surface area contributed by atoms with Gasteiger partial charge in [0.2, 0.25) is 0 Å². The van der Waals surface area contributed by atoms with Crippen molar-refractivity contribution in [3.8, 4) is 0 Å². The molecule has 0 radical (unpaired) electrons. The predicted octanol–water partition coefficient (Wildman–Crippen LogP) is 3.17. The van der Waals surface area contributed by atoms with Gasteiger partial charge in [0.05, 0.1) is 0 Å². The lowest BCUT2D eigenvalue weighted by Crippen LogP contribution is -2.36. The second kappa shape index (κ2) is 5.48. The molecule has 0 amide bonds. The summed E-state index contributed by atoms with van der Waals surface area (Å²) in [5.74, 6) is 2.23. The summed E-state index contributed by atoms with van der Waals surface area (Å²) in [4.78, 5) is 8.73. The lowest BCUT2D eigenvalue weighted by molar-refractivity contribution is 0.550. The van der Waals surface area contributed by atoms with Gasteiger partial charge in [0.1, 0.15) is 11.6 Å². The molecule has 1 aromatic rings. The Morgan fingerprint density at radius 1 is 1.38 bits per heavy atom. The first-order chi connectivity index (χ1) is 7.53. The van der Waals surface area contributed by atoms with Crippen LogP contribution in [0.5, 0.6) is 0 Å². The largest absolute Gasteiger partial charge is 0.364 e. The third-order valence-electron chi connectivity index (χ3n) is 2.76. The van der Waals surface area contributed by atoms with E-state index < -0.39 is 0 Å². The van der Waals surface area contributed by atoms with Crippen molar-refractivity contribution >= 4 is 17.4 Å². The molecule has 1 heterocycles. The highest BCUT2D eigenvalue weighted by atomic mass is 35.5. The van der Waals surface area contributed by atoms with E-state index in [9.17, 15) is 0 Å². The van der Waals surface area contributed by atoms with E-state index in [1.807, 2.05) is 13.0 Å². The molecule has 1 atom stereocenters. The zero-order valence-corrected chi connectivity index (χ0v) is 11.2. The highest BCUT2D eigenvalue weighted by Gasteiger charge is 2.21. The molecular weight excluding hydrogens is 222 g/mol. The van der Waals surface area contributed by atoms with E-state index in [2.05, 4.69) is 36.1 Å². The molecule has 16 heavy (non-hydrogen) atoms. The number of rotatable bonds is 5. The number of anilines is 1. The van der Waals surface area contributed by atoms with Crippen LogP contribution in [0.2, 0.25) is 0 Å². The lowest BCUT2D eigenvalue weighted by Gasteiger charge is -2.27. The van der Waals surface area contributed by atoms with Crippen LogP contribution >= 0.6 is 11.6 Å². The van der Waals surface area contributed by atoms with Crippen LogP contribution in [0.15, 0.2) is 6.07 Å². The smallest absolute Gasteiger partial charge is 0.130 e. The molecule has 0 aromatic carbocycles. The van der Waals surface area contributed by atoms with Crippen molar-refractivity contribution < 1.29 is 0 Å². The van der Waals surface area contributed by atoms with Crippen LogP contribution in [-0.2, 0) is 6.42 Å². The number of halogens is 1. The number of alkyl halides is 1. The summed E-state index contributed by atoms with van der Waals surface area (Å²) < 4.78 is 0. The number of hydrogen-bond donors (Lipinski definition) is 1. The molecule has 0 spiro atoms. The minimum Gasteiger partial charge on any atom is -0.364 e. The number of aromatic nitrogens is 2. The van der Waals surface area contributed by atoms with Crippen LogP contribution < -0.4 is 5.32 Å². The Hall–Kier alpha value is -0.830. The summed E-state index contributed by atoms with van der Waals surface area (Å²) in [5, 5.41) is 3.39. The van der Waals surface area contributed by atoms with Gasteiger partial charge in [-0.3, -0.25) is 0 Å². The molecule has 4 heteroatoms. The van der Waals surface area contributed by atoms with Crippen molar-refractivity contribution in [1.82, 2.24) is 9.97 Å². The maximum Gasteiger partial charge on any atom is 0.130 e. The summed E-state index contributed by atoms with van der Waals surface area (Å²) in [6, 6.07) is 1.99. The van der Waals surface area contributed by atoms with Gasteiger partial charge in [-0.1, -0.05) is 13.8 Å². The van der Waals surface area contributed by atoms with Crippen LogP contribution in [0.4, 0.5) is 5.82 Å². The van der Waals surface area contributed by atoms with Crippen LogP contribution in [0, 0.1) is 6.92 Å². The van der Waals surface area contributed by atoms with Crippen molar-refractivity contribution in [2.45, 2.75) is 46.1 Å².